The summed E-state index contributed by atoms with van der Waals surface area (Å²) in [5.74, 6) is 0.725. The Bertz CT molecular complexity index is 514. The molecule has 0 saturated carbocycles. The van der Waals surface area contributed by atoms with Crippen LogP contribution >= 0.6 is 22.9 Å². The molecule has 2 rings (SSSR count). The van der Waals surface area contributed by atoms with E-state index < -0.39 is 5.54 Å². The van der Waals surface area contributed by atoms with Crippen LogP contribution in [0.15, 0.2) is 34.9 Å². The summed E-state index contributed by atoms with van der Waals surface area (Å²) in [6.07, 6.45) is 2.20. The van der Waals surface area contributed by atoms with Crippen LogP contribution in [0, 0.1) is 0 Å². The lowest BCUT2D eigenvalue weighted by molar-refractivity contribution is 0.0795. The Balaban J connectivity index is 2.33. The molecule has 0 aliphatic carbocycles. The van der Waals surface area contributed by atoms with E-state index >= 15 is 0 Å². The van der Waals surface area contributed by atoms with Gasteiger partial charge in [-0.25, -0.2) is 0 Å². The van der Waals surface area contributed by atoms with Crippen molar-refractivity contribution in [3.63, 3.8) is 0 Å². The summed E-state index contributed by atoms with van der Waals surface area (Å²) in [5.41, 5.74) is -0.756. The molecule has 0 fully saturated rings. The number of hydrogen-bond acceptors (Lipinski definition) is 5. The van der Waals surface area contributed by atoms with Gasteiger partial charge in [-0.15, -0.1) is 11.3 Å². The zero-order chi connectivity index (χ0) is 14.6. The fourth-order valence-electron chi connectivity index (χ4n) is 1.99. The number of rotatable bonds is 7. The quantitative estimate of drug-likeness (QED) is 0.735. The van der Waals surface area contributed by atoms with Gasteiger partial charge in [-0.05, 0) is 30.7 Å². The molecule has 1 unspecified atom stereocenters. The van der Waals surface area contributed by atoms with Crippen molar-refractivity contribution in [3.05, 3.63) is 45.5 Å². The van der Waals surface area contributed by atoms with Gasteiger partial charge in [0.15, 0.2) is 0 Å². The fraction of sp³-hybridized carbons (Fsp3) is 0.429. The first-order valence-corrected chi connectivity index (χ1v) is 7.61. The Kier molecular flexibility index (Phi) is 5.23. The molecule has 0 spiro atoms. The van der Waals surface area contributed by atoms with Crippen molar-refractivity contribution in [2.45, 2.75) is 24.9 Å². The first kappa shape index (κ1) is 15.5. The average molecular weight is 316 g/mol. The van der Waals surface area contributed by atoms with Crippen molar-refractivity contribution in [1.29, 1.82) is 0 Å². The van der Waals surface area contributed by atoms with Crippen molar-refractivity contribution in [2.75, 3.05) is 13.2 Å². The van der Waals surface area contributed by atoms with Crippen molar-refractivity contribution in [1.82, 2.24) is 5.32 Å². The van der Waals surface area contributed by atoms with Gasteiger partial charge < -0.3 is 14.6 Å². The van der Waals surface area contributed by atoms with E-state index in [-0.39, 0.29) is 19.3 Å². The summed E-state index contributed by atoms with van der Waals surface area (Å²) < 4.78 is 6.16. The van der Waals surface area contributed by atoms with Crippen LogP contribution in [0.25, 0.3) is 0 Å². The Morgan fingerprint density at radius 2 is 2.10 bits per heavy atom. The van der Waals surface area contributed by atoms with Gasteiger partial charge in [0.05, 0.1) is 29.4 Å². The Morgan fingerprint density at radius 3 is 2.55 bits per heavy atom. The third kappa shape index (κ3) is 3.24. The molecule has 3 N–H and O–H groups in total. The molecule has 1 atom stereocenters. The molecule has 4 nitrogen and oxygen atoms in total. The second-order valence-electron chi connectivity index (χ2n) is 4.68. The van der Waals surface area contributed by atoms with Gasteiger partial charge in [0.1, 0.15) is 11.8 Å². The number of halogens is 1. The summed E-state index contributed by atoms with van der Waals surface area (Å²) in [7, 11) is 0. The molecule has 0 aliphatic rings. The number of hydrogen-bond donors (Lipinski definition) is 3. The summed E-state index contributed by atoms with van der Waals surface area (Å²) in [6, 6.07) is 7.17. The van der Waals surface area contributed by atoms with Gasteiger partial charge in [0.25, 0.3) is 0 Å². The third-order valence-electron chi connectivity index (χ3n) is 3.44. The summed E-state index contributed by atoms with van der Waals surface area (Å²) in [5, 5.41) is 22.5. The monoisotopic (exact) mass is 315 g/mol. The van der Waals surface area contributed by atoms with Gasteiger partial charge in [-0.3, -0.25) is 5.32 Å². The molecule has 0 radical (unpaired) electrons. The van der Waals surface area contributed by atoms with Crippen LogP contribution in [-0.4, -0.2) is 29.0 Å². The molecule has 6 heteroatoms. The maximum Gasteiger partial charge on any atom is 0.126 e. The molecular formula is C14H18ClNO3S. The van der Waals surface area contributed by atoms with Crippen LogP contribution in [0.4, 0.5) is 0 Å². The van der Waals surface area contributed by atoms with Crippen LogP contribution in [0.1, 0.15) is 30.0 Å². The van der Waals surface area contributed by atoms with Crippen molar-refractivity contribution in [2.24, 2.45) is 0 Å². The lowest BCUT2D eigenvalue weighted by Crippen LogP contribution is -2.52. The molecule has 20 heavy (non-hydrogen) atoms. The van der Waals surface area contributed by atoms with E-state index in [1.54, 1.807) is 6.26 Å². The normalized spacial score (nSPS) is 13.6. The Morgan fingerprint density at radius 1 is 1.35 bits per heavy atom. The van der Waals surface area contributed by atoms with Gasteiger partial charge >= 0.3 is 0 Å². The van der Waals surface area contributed by atoms with Gasteiger partial charge in [0, 0.05) is 4.88 Å². The van der Waals surface area contributed by atoms with Gasteiger partial charge in [-0.2, -0.15) is 0 Å². The van der Waals surface area contributed by atoms with Gasteiger partial charge in [0.2, 0.25) is 0 Å². The lowest BCUT2D eigenvalue weighted by atomic mass is 9.96. The minimum atomic E-state index is -0.756. The highest BCUT2D eigenvalue weighted by Gasteiger charge is 2.32. The minimum Gasteiger partial charge on any atom is -0.467 e. The highest BCUT2D eigenvalue weighted by atomic mass is 35.5. The molecule has 110 valence electrons. The molecule has 0 aliphatic heterocycles. The standard InChI is InChI=1S/C14H18ClNO3S/c1-2-14(8-17,9-18)16-13(10-4-3-7-19-10)11-5-6-12(15)20-11/h3-7,13,16-18H,2,8-9H2,1H3. The lowest BCUT2D eigenvalue weighted by Gasteiger charge is -2.33. The van der Waals surface area contributed by atoms with Crippen LogP contribution in [0.5, 0.6) is 0 Å². The number of aliphatic hydroxyl groups is 2. The van der Waals surface area contributed by atoms with Crippen molar-refractivity contribution >= 4 is 22.9 Å². The minimum absolute atomic E-state index is 0.156. The van der Waals surface area contributed by atoms with Gasteiger partial charge in [-0.1, -0.05) is 18.5 Å². The predicted octanol–water partition coefficient (Wildman–Crippen LogP) is 2.81. The SMILES string of the molecule is CCC(CO)(CO)NC(c1ccco1)c1ccc(Cl)s1. The maximum absolute atomic E-state index is 9.60. The Hall–Kier alpha value is -0.850. The zero-order valence-corrected chi connectivity index (χ0v) is 12.7. The van der Waals surface area contributed by atoms with E-state index in [2.05, 4.69) is 5.32 Å². The smallest absolute Gasteiger partial charge is 0.126 e. The highest BCUT2D eigenvalue weighted by molar-refractivity contribution is 7.16. The topological polar surface area (TPSA) is 65.6 Å². The van der Waals surface area contributed by atoms with Crippen molar-refractivity contribution in [3.8, 4) is 0 Å². The van der Waals surface area contributed by atoms with E-state index in [0.717, 1.165) is 10.6 Å². The number of nitrogens with one attached hydrogen (secondary N) is 1. The molecular weight excluding hydrogens is 298 g/mol. The van der Waals surface area contributed by atoms with E-state index in [4.69, 9.17) is 16.0 Å². The summed E-state index contributed by atoms with van der Waals surface area (Å²) >= 11 is 7.45. The molecule has 2 aromatic rings. The molecule has 2 aromatic heterocycles. The summed E-state index contributed by atoms with van der Waals surface area (Å²) in [6.45, 7) is 1.60. The maximum atomic E-state index is 9.60. The van der Waals surface area contributed by atoms with Crippen LogP contribution in [-0.2, 0) is 0 Å². The molecule has 2 heterocycles. The first-order chi connectivity index (χ1) is 9.64. The molecule has 0 aromatic carbocycles. The summed E-state index contributed by atoms with van der Waals surface area (Å²) in [4.78, 5) is 0.977. The van der Waals surface area contributed by atoms with Crippen LogP contribution in [0.2, 0.25) is 4.34 Å². The van der Waals surface area contributed by atoms with E-state index in [9.17, 15) is 10.2 Å². The zero-order valence-electron chi connectivity index (χ0n) is 11.2. The predicted molar refractivity (Wildman–Crippen MR) is 80.2 cm³/mol. The largest absolute Gasteiger partial charge is 0.467 e. The van der Waals surface area contributed by atoms with Crippen LogP contribution in [0.3, 0.4) is 0 Å². The fourth-order valence-corrected chi connectivity index (χ4v) is 3.12. The Labute approximate surface area is 127 Å². The van der Waals surface area contributed by atoms with E-state index in [0.29, 0.717) is 10.8 Å². The molecule has 0 saturated heterocycles. The van der Waals surface area contributed by atoms with Crippen LogP contribution < -0.4 is 5.32 Å². The first-order valence-electron chi connectivity index (χ1n) is 6.42. The van der Waals surface area contributed by atoms with E-state index in [1.807, 2.05) is 31.2 Å². The average Bonchev–Trinajstić information content (AvgIpc) is 3.13. The van der Waals surface area contributed by atoms with E-state index in [1.165, 1.54) is 11.3 Å². The molecule has 0 bridgehead atoms. The molecule has 0 amide bonds. The highest BCUT2D eigenvalue weighted by Crippen LogP contribution is 2.33. The second kappa shape index (κ2) is 6.74. The van der Waals surface area contributed by atoms with Crippen molar-refractivity contribution < 1.29 is 14.6 Å². The third-order valence-corrected chi connectivity index (χ3v) is 4.73. The second-order valence-corrected chi connectivity index (χ2v) is 6.43. The number of aliphatic hydroxyl groups excluding tert-OH is 2. The number of furan rings is 1. The number of thiophene rings is 1.